The second-order valence-corrected chi connectivity index (χ2v) is 9.05. The summed E-state index contributed by atoms with van der Waals surface area (Å²) < 4.78 is 2.23. The lowest BCUT2D eigenvalue weighted by Gasteiger charge is -2.34. The highest BCUT2D eigenvalue weighted by atomic mass is 16.2. The van der Waals surface area contributed by atoms with Crippen LogP contribution in [0, 0.1) is 17.2 Å². The van der Waals surface area contributed by atoms with Gasteiger partial charge >= 0.3 is 0 Å². The van der Waals surface area contributed by atoms with Crippen molar-refractivity contribution in [1.82, 2.24) is 14.5 Å². The molecule has 1 heterocycles. The SMILES string of the molecule is CC(C)C(c1nc2ccccc2n1Cc1ccccc1)N(CCCN)C(=O)c1cccc(C#N)c1. The van der Waals surface area contributed by atoms with Gasteiger partial charge in [0.2, 0.25) is 0 Å². The summed E-state index contributed by atoms with van der Waals surface area (Å²) >= 11 is 0. The third kappa shape index (κ3) is 5.26. The lowest BCUT2D eigenvalue weighted by Crippen LogP contribution is -2.40. The highest BCUT2D eigenvalue weighted by Gasteiger charge is 2.32. The van der Waals surface area contributed by atoms with Gasteiger partial charge in [0.1, 0.15) is 5.82 Å². The molecule has 2 N–H and O–H groups in total. The molecular weight excluding hydrogens is 434 g/mol. The first kappa shape index (κ1) is 24.2. The first-order valence-electron chi connectivity index (χ1n) is 12.0. The van der Waals surface area contributed by atoms with E-state index in [4.69, 9.17) is 10.7 Å². The van der Waals surface area contributed by atoms with Gasteiger partial charge in [0.05, 0.1) is 28.7 Å². The molecule has 0 spiro atoms. The van der Waals surface area contributed by atoms with Gasteiger partial charge in [-0.05, 0) is 54.8 Å². The molecule has 6 heteroatoms. The van der Waals surface area contributed by atoms with E-state index in [0.29, 0.717) is 37.2 Å². The Labute approximate surface area is 206 Å². The van der Waals surface area contributed by atoms with Crippen LogP contribution >= 0.6 is 0 Å². The Kier molecular flexibility index (Phi) is 7.59. The average molecular weight is 466 g/mol. The highest BCUT2D eigenvalue weighted by molar-refractivity contribution is 5.95. The van der Waals surface area contributed by atoms with Crippen LogP contribution in [0.15, 0.2) is 78.9 Å². The molecule has 178 valence electrons. The van der Waals surface area contributed by atoms with E-state index in [1.54, 1.807) is 24.3 Å². The number of imidazole rings is 1. The zero-order valence-corrected chi connectivity index (χ0v) is 20.3. The number of carbonyl (C=O) groups is 1. The van der Waals surface area contributed by atoms with Crippen molar-refractivity contribution in [2.24, 2.45) is 11.7 Å². The van der Waals surface area contributed by atoms with Crippen molar-refractivity contribution in [3.63, 3.8) is 0 Å². The van der Waals surface area contributed by atoms with Gasteiger partial charge in [-0.25, -0.2) is 4.98 Å². The maximum atomic E-state index is 13.9. The van der Waals surface area contributed by atoms with E-state index in [0.717, 1.165) is 16.9 Å². The zero-order chi connectivity index (χ0) is 24.8. The van der Waals surface area contributed by atoms with Gasteiger partial charge in [0.15, 0.2) is 0 Å². The molecule has 0 saturated carbocycles. The Bertz CT molecular complexity index is 1340. The van der Waals surface area contributed by atoms with E-state index >= 15 is 0 Å². The number of nitrogens with two attached hydrogens (primary N) is 1. The molecule has 1 unspecified atom stereocenters. The van der Waals surface area contributed by atoms with Crippen LogP contribution in [0.1, 0.15) is 53.6 Å². The van der Waals surface area contributed by atoms with Gasteiger partial charge in [0.25, 0.3) is 5.91 Å². The molecule has 0 aliphatic heterocycles. The maximum absolute atomic E-state index is 13.9. The van der Waals surface area contributed by atoms with Gasteiger partial charge in [-0.15, -0.1) is 0 Å². The largest absolute Gasteiger partial charge is 0.330 e. The lowest BCUT2D eigenvalue weighted by atomic mass is 9.99. The number of amides is 1. The number of para-hydroxylation sites is 2. The minimum atomic E-state index is -0.268. The molecular formula is C29H31N5O. The normalized spacial score (nSPS) is 12.0. The summed E-state index contributed by atoms with van der Waals surface area (Å²) in [5, 5.41) is 9.35. The number of nitrogens with zero attached hydrogens (tertiary/aromatic N) is 4. The van der Waals surface area contributed by atoms with E-state index in [2.05, 4.69) is 42.7 Å². The summed E-state index contributed by atoms with van der Waals surface area (Å²) in [7, 11) is 0. The Balaban J connectivity index is 1.84. The summed E-state index contributed by atoms with van der Waals surface area (Å²) in [4.78, 5) is 20.8. The monoisotopic (exact) mass is 465 g/mol. The number of nitriles is 1. The Morgan fingerprint density at radius 3 is 2.51 bits per heavy atom. The van der Waals surface area contributed by atoms with Crippen molar-refractivity contribution in [3.8, 4) is 6.07 Å². The molecule has 6 nitrogen and oxygen atoms in total. The van der Waals surface area contributed by atoms with Crippen molar-refractivity contribution in [1.29, 1.82) is 5.26 Å². The van der Waals surface area contributed by atoms with Crippen molar-refractivity contribution in [2.45, 2.75) is 32.9 Å². The van der Waals surface area contributed by atoms with E-state index in [-0.39, 0.29) is 17.9 Å². The lowest BCUT2D eigenvalue weighted by molar-refractivity contribution is 0.0605. The molecule has 0 fully saturated rings. The summed E-state index contributed by atoms with van der Waals surface area (Å²) in [5.74, 6) is 0.835. The number of rotatable bonds is 9. The van der Waals surface area contributed by atoms with Crippen molar-refractivity contribution >= 4 is 16.9 Å². The second-order valence-electron chi connectivity index (χ2n) is 9.05. The van der Waals surface area contributed by atoms with Crippen molar-refractivity contribution in [2.75, 3.05) is 13.1 Å². The fourth-order valence-electron chi connectivity index (χ4n) is 4.57. The summed E-state index contributed by atoms with van der Waals surface area (Å²) in [6, 6.07) is 27.1. The number of aromatic nitrogens is 2. The number of hydrogen-bond donors (Lipinski definition) is 1. The number of carbonyl (C=O) groups excluding carboxylic acids is 1. The van der Waals surface area contributed by atoms with Crippen LogP contribution in [-0.4, -0.2) is 33.4 Å². The quantitative estimate of drug-likeness (QED) is 0.370. The van der Waals surface area contributed by atoms with Crippen molar-refractivity contribution in [3.05, 3.63) is 101 Å². The van der Waals surface area contributed by atoms with Crippen LogP contribution in [0.4, 0.5) is 0 Å². The summed E-state index contributed by atoms with van der Waals surface area (Å²) in [6.45, 7) is 5.87. The standard InChI is InChI=1S/C29H31N5O/c1-21(2)27(33(17-9-16-30)29(35)24-13-8-12-23(18-24)19-31)28-32-25-14-6-7-15-26(25)34(28)20-22-10-4-3-5-11-22/h3-8,10-15,18,21,27H,9,16-17,20,30H2,1-2H3. The molecule has 4 aromatic rings. The molecule has 0 radical (unpaired) electrons. The Hall–Kier alpha value is -3.95. The smallest absolute Gasteiger partial charge is 0.254 e. The first-order chi connectivity index (χ1) is 17.0. The third-order valence-electron chi connectivity index (χ3n) is 6.20. The number of hydrogen-bond acceptors (Lipinski definition) is 4. The predicted molar refractivity (Wildman–Crippen MR) is 139 cm³/mol. The minimum absolute atomic E-state index is 0.0993. The van der Waals surface area contributed by atoms with Crippen LogP contribution in [-0.2, 0) is 6.54 Å². The molecule has 1 atom stereocenters. The van der Waals surface area contributed by atoms with Gasteiger partial charge in [-0.2, -0.15) is 5.26 Å². The van der Waals surface area contributed by atoms with Gasteiger partial charge in [0, 0.05) is 18.7 Å². The topological polar surface area (TPSA) is 87.9 Å². The highest BCUT2D eigenvalue weighted by Crippen LogP contribution is 2.33. The third-order valence-corrected chi connectivity index (χ3v) is 6.20. The molecule has 4 rings (SSSR count). The van der Waals surface area contributed by atoms with Crippen LogP contribution in [0.2, 0.25) is 0 Å². The summed E-state index contributed by atoms with van der Waals surface area (Å²) in [5.41, 5.74) is 9.94. The maximum Gasteiger partial charge on any atom is 0.254 e. The molecule has 1 amide bonds. The molecule has 0 bridgehead atoms. The van der Waals surface area contributed by atoms with Crippen molar-refractivity contribution < 1.29 is 4.79 Å². The van der Waals surface area contributed by atoms with E-state index in [1.807, 2.05) is 41.3 Å². The van der Waals surface area contributed by atoms with E-state index in [1.165, 1.54) is 5.56 Å². The fourth-order valence-corrected chi connectivity index (χ4v) is 4.57. The molecule has 0 saturated heterocycles. The molecule has 35 heavy (non-hydrogen) atoms. The van der Waals surface area contributed by atoms with E-state index in [9.17, 15) is 10.1 Å². The molecule has 1 aromatic heterocycles. The molecule has 0 aliphatic carbocycles. The van der Waals surface area contributed by atoms with Gasteiger partial charge in [-0.1, -0.05) is 62.4 Å². The molecule has 3 aromatic carbocycles. The summed E-state index contributed by atoms with van der Waals surface area (Å²) in [6.07, 6.45) is 0.672. The van der Waals surface area contributed by atoms with Crippen LogP contribution in [0.25, 0.3) is 11.0 Å². The van der Waals surface area contributed by atoms with Crippen LogP contribution in [0.5, 0.6) is 0 Å². The first-order valence-corrected chi connectivity index (χ1v) is 12.0. The van der Waals surface area contributed by atoms with E-state index < -0.39 is 0 Å². The average Bonchev–Trinajstić information content (AvgIpc) is 3.24. The molecule has 0 aliphatic rings. The predicted octanol–water partition coefficient (Wildman–Crippen LogP) is 5.14. The van der Waals surface area contributed by atoms with Gasteiger partial charge in [-0.3, -0.25) is 4.79 Å². The van der Waals surface area contributed by atoms with Crippen LogP contribution < -0.4 is 5.73 Å². The Morgan fingerprint density at radius 2 is 1.80 bits per heavy atom. The Morgan fingerprint density at radius 1 is 1.06 bits per heavy atom. The minimum Gasteiger partial charge on any atom is -0.330 e. The fraction of sp³-hybridized carbons (Fsp3) is 0.276. The number of benzene rings is 3. The second kappa shape index (κ2) is 11.0. The number of fused-ring (bicyclic) bond motifs is 1. The van der Waals surface area contributed by atoms with Crippen LogP contribution in [0.3, 0.4) is 0 Å². The zero-order valence-electron chi connectivity index (χ0n) is 20.3. The van der Waals surface area contributed by atoms with Gasteiger partial charge < -0.3 is 15.2 Å².